The summed E-state index contributed by atoms with van der Waals surface area (Å²) in [6.07, 6.45) is 2.02. The summed E-state index contributed by atoms with van der Waals surface area (Å²) >= 11 is 0. The van der Waals surface area contributed by atoms with Gasteiger partial charge in [-0.1, -0.05) is 0 Å². The summed E-state index contributed by atoms with van der Waals surface area (Å²) in [4.78, 5) is 11.6. The second kappa shape index (κ2) is 3.91. The van der Waals surface area contributed by atoms with E-state index in [2.05, 4.69) is 0 Å². The van der Waals surface area contributed by atoms with Crippen molar-refractivity contribution in [3.63, 3.8) is 0 Å². The van der Waals surface area contributed by atoms with Gasteiger partial charge in [0.25, 0.3) is 0 Å². The maximum atomic E-state index is 11.6. The zero-order valence-electron chi connectivity index (χ0n) is 11.0. The summed E-state index contributed by atoms with van der Waals surface area (Å²) < 4.78 is 5.53. The van der Waals surface area contributed by atoms with Gasteiger partial charge < -0.3 is 19.7 Å². The molecule has 0 saturated heterocycles. The Kier molecular flexibility index (Phi) is 2.25. The van der Waals surface area contributed by atoms with Gasteiger partial charge in [-0.05, 0) is 48.6 Å². The molecule has 1 fully saturated rings. The highest BCUT2D eigenvalue weighted by atomic mass is 16.4. The van der Waals surface area contributed by atoms with E-state index < -0.39 is 11.2 Å². The van der Waals surface area contributed by atoms with Crippen LogP contribution in [0.15, 0.2) is 33.5 Å². The first-order valence-electron chi connectivity index (χ1n) is 6.71. The van der Waals surface area contributed by atoms with Crippen LogP contribution >= 0.6 is 0 Å². The first-order chi connectivity index (χ1) is 10.1. The van der Waals surface area contributed by atoms with Crippen molar-refractivity contribution in [2.24, 2.45) is 0 Å². The number of hydrogen-bond acceptors (Lipinski definition) is 5. The van der Waals surface area contributed by atoms with Gasteiger partial charge in [0, 0.05) is 10.9 Å². The first-order valence-corrected chi connectivity index (χ1v) is 6.71. The molecule has 1 saturated carbocycles. The van der Waals surface area contributed by atoms with Crippen molar-refractivity contribution < 1.29 is 19.7 Å². The summed E-state index contributed by atoms with van der Waals surface area (Å²) in [5, 5.41) is 30.3. The third-order valence-corrected chi connectivity index (χ3v) is 3.97. The van der Waals surface area contributed by atoms with Crippen molar-refractivity contribution >= 4 is 11.0 Å². The maximum absolute atomic E-state index is 11.6. The molecule has 0 amide bonds. The summed E-state index contributed by atoms with van der Waals surface area (Å²) in [6, 6.07) is 6.04. The summed E-state index contributed by atoms with van der Waals surface area (Å²) in [5.74, 6) is -0.791. The molecule has 0 radical (unpaired) electrons. The molecule has 0 aromatic heterocycles. The highest BCUT2D eigenvalue weighted by molar-refractivity contribution is 5.94. The molecule has 0 unspecified atom stereocenters. The van der Waals surface area contributed by atoms with E-state index >= 15 is 0 Å². The fourth-order valence-corrected chi connectivity index (χ4v) is 2.80. The molecule has 0 atom stereocenters. The number of phenolic OH excluding ortho intramolecular Hbond substituents is 3. The van der Waals surface area contributed by atoms with E-state index in [-0.39, 0.29) is 22.8 Å². The number of hydrogen-bond donors (Lipinski definition) is 3. The Morgan fingerprint density at radius 1 is 1.00 bits per heavy atom. The molecule has 4 rings (SSSR count). The van der Waals surface area contributed by atoms with Crippen molar-refractivity contribution in [1.29, 1.82) is 0 Å². The molecule has 106 valence electrons. The third kappa shape index (κ3) is 1.60. The number of phenols is 3. The Morgan fingerprint density at radius 2 is 1.76 bits per heavy atom. The standard InChI is InChI=1S/C16H12O5/c17-10-5-3-8-12(7-1-2-7)9-4-6-11(18)14(20)16(9)21-15(8)13(10)19/h3-7,17,19-20H,1-2H2. The Hall–Kier alpha value is -2.69. The Labute approximate surface area is 119 Å². The minimum Gasteiger partial charge on any atom is -0.504 e. The highest BCUT2D eigenvalue weighted by Crippen LogP contribution is 2.51. The van der Waals surface area contributed by atoms with E-state index in [0.717, 1.165) is 18.4 Å². The van der Waals surface area contributed by atoms with Gasteiger partial charge in [0.1, 0.15) is 0 Å². The number of aromatic hydroxyl groups is 3. The van der Waals surface area contributed by atoms with Crippen LogP contribution in [0, 0.1) is 0 Å². The molecule has 2 aliphatic carbocycles. The highest BCUT2D eigenvalue weighted by Gasteiger charge is 2.32. The number of benzene rings is 2. The zero-order valence-corrected chi connectivity index (χ0v) is 11.0. The predicted octanol–water partition coefficient (Wildman–Crippen LogP) is 2.89. The molecule has 3 aliphatic rings. The predicted molar refractivity (Wildman–Crippen MR) is 76.1 cm³/mol. The molecule has 1 aromatic rings. The van der Waals surface area contributed by atoms with E-state index in [1.807, 2.05) is 0 Å². The lowest BCUT2D eigenvalue weighted by Crippen LogP contribution is -2.02. The molecular weight excluding hydrogens is 272 g/mol. The third-order valence-electron chi connectivity index (χ3n) is 3.97. The molecule has 1 aromatic carbocycles. The van der Waals surface area contributed by atoms with Gasteiger partial charge in [0.15, 0.2) is 17.1 Å². The summed E-state index contributed by atoms with van der Waals surface area (Å²) in [6.45, 7) is 0. The first kappa shape index (κ1) is 12.1. The van der Waals surface area contributed by atoms with Crippen molar-refractivity contribution in [3.8, 4) is 28.6 Å². The average Bonchev–Trinajstić information content (AvgIpc) is 3.30. The van der Waals surface area contributed by atoms with E-state index in [0.29, 0.717) is 16.9 Å². The van der Waals surface area contributed by atoms with Gasteiger partial charge in [-0.2, -0.15) is 0 Å². The van der Waals surface area contributed by atoms with Crippen molar-refractivity contribution in [2.45, 2.75) is 18.8 Å². The van der Waals surface area contributed by atoms with Crippen LogP contribution in [0.25, 0.3) is 22.3 Å². The topological polar surface area (TPSA) is 90.9 Å². The molecule has 21 heavy (non-hydrogen) atoms. The molecule has 0 spiro atoms. The van der Waals surface area contributed by atoms with Gasteiger partial charge in [-0.3, -0.25) is 4.79 Å². The van der Waals surface area contributed by atoms with Gasteiger partial charge in [-0.25, -0.2) is 0 Å². The van der Waals surface area contributed by atoms with Crippen LogP contribution in [-0.4, -0.2) is 15.3 Å². The van der Waals surface area contributed by atoms with E-state index in [9.17, 15) is 20.1 Å². The van der Waals surface area contributed by atoms with Crippen LogP contribution < -0.4 is 5.43 Å². The molecule has 0 bridgehead atoms. The van der Waals surface area contributed by atoms with Crippen molar-refractivity contribution in [1.82, 2.24) is 0 Å². The van der Waals surface area contributed by atoms with E-state index in [4.69, 9.17) is 4.42 Å². The molecule has 5 nitrogen and oxygen atoms in total. The lowest BCUT2D eigenvalue weighted by molar-refractivity contribution is 0.397. The lowest BCUT2D eigenvalue weighted by Gasteiger charge is -2.15. The van der Waals surface area contributed by atoms with E-state index in [1.54, 1.807) is 12.1 Å². The van der Waals surface area contributed by atoms with Crippen LogP contribution in [0.3, 0.4) is 0 Å². The van der Waals surface area contributed by atoms with Crippen LogP contribution in [0.1, 0.15) is 24.3 Å². The van der Waals surface area contributed by atoms with Crippen LogP contribution in [0.2, 0.25) is 0 Å². The summed E-state index contributed by atoms with van der Waals surface area (Å²) in [5.41, 5.74) is 1.17. The quantitative estimate of drug-likeness (QED) is 0.472. The number of rotatable bonds is 1. The van der Waals surface area contributed by atoms with Gasteiger partial charge in [0.05, 0.1) is 0 Å². The fraction of sp³-hybridized carbons (Fsp3) is 0.188. The monoisotopic (exact) mass is 284 g/mol. The normalized spacial score (nSPS) is 14.9. The Balaban J connectivity index is 2.25. The Morgan fingerprint density at radius 3 is 2.48 bits per heavy atom. The minimum absolute atomic E-state index is 0.0535. The van der Waals surface area contributed by atoms with E-state index in [1.165, 1.54) is 12.1 Å². The molecule has 1 heterocycles. The fourth-order valence-electron chi connectivity index (χ4n) is 2.80. The lowest BCUT2D eigenvalue weighted by atomic mass is 9.95. The smallest absolute Gasteiger partial charge is 0.224 e. The Bertz CT molecular complexity index is 905. The molecule has 5 heteroatoms. The SMILES string of the molecule is O=c1ccc2c(C3CC3)c3ccc(O)c(O)c3oc-2c1O. The van der Waals surface area contributed by atoms with Crippen molar-refractivity contribution in [3.05, 3.63) is 40.1 Å². The van der Waals surface area contributed by atoms with Crippen LogP contribution in [0.4, 0.5) is 0 Å². The van der Waals surface area contributed by atoms with Crippen LogP contribution in [-0.2, 0) is 0 Å². The zero-order chi connectivity index (χ0) is 14.7. The largest absolute Gasteiger partial charge is 0.504 e. The molecular formula is C16H12O5. The van der Waals surface area contributed by atoms with Gasteiger partial charge >= 0.3 is 0 Å². The van der Waals surface area contributed by atoms with Gasteiger partial charge in [0.2, 0.25) is 16.9 Å². The summed E-state index contributed by atoms with van der Waals surface area (Å²) in [7, 11) is 0. The second-order valence-corrected chi connectivity index (χ2v) is 5.39. The maximum Gasteiger partial charge on any atom is 0.224 e. The molecule has 1 aliphatic heterocycles. The average molecular weight is 284 g/mol. The molecule has 3 N–H and O–H groups in total. The number of fused-ring (bicyclic) bond motifs is 2. The second-order valence-electron chi connectivity index (χ2n) is 5.39. The van der Waals surface area contributed by atoms with Crippen molar-refractivity contribution in [2.75, 3.05) is 0 Å². The minimum atomic E-state index is -0.535. The van der Waals surface area contributed by atoms with Crippen LogP contribution in [0.5, 0.6) is 17.2 Å². The van der Waals surface area contributed by atoms with Gasteiger partial charge in [-0.15, -0.1) is 0 Å².